The molecule has 1 heterocycles. The van der Waals surface area contributed by atoms with Crippen LogP contribution in [-0.4, -0.2) is 37.3 Å². The number of halogens is 1. The summed E-state index contributed by atoms with van der Waals surface area (Å²) in [5, 5.41) is 0.513. The van der Waals surface area contributed by atoms with Crippen molar-refractivity contribution in [2.45, 2.75) is 13.3 Å². The van der Waals surface area contributed by atoms with E-state index in [9.17, 15) is 0 Å². The maximum Gasteiger partial charge on any atom is 0.137 e. The molecule has 1 aromatic rings. The van der Waals surface area contributed by atoms with E-state index in [0.717, 1.165) is 31.0 Å². The van der Waals surface area contributed by atoms with Crippen molar-refractivity contribution in [1.29, 1.82) is 0 Å². The number of nitrogens with zero attached hydrogens (tertiary/aromatic N) is 3. The Morgan fingerprint density at radius 3 is 2.87 bits per heavy atom. The van der Waals surface area contributed by atoms with E-state index in [4.69, 9.17) is 16.3 Å². The van der Waals surface area contributed by atoms with Gasteiger partial charge in [-0.1, -0.05) is 11.6 Å². The Hall–Kier alpha value is -0.870. The predicted octanol–water partition coefficient (Wildman–Crippen LogP) is 1.91. The first-order chi connectivity index (χ1) is 7.16. The topological polar surface area (TPSA) is 38.2 Å². The lowest BCUT2D eigenvalue weighted by atomic mass is 10.3. The fraction of sp³-hybridized carbons (Fsp3) is 0.600. The van der Waals surface area contributed by atoms with Crippen molar-refractivity contribution < 1.29 is 4.74 Å². The van der Waals surface area contributed by atoms with Gasteiger partial charge in [0.05, 0.1) is 0 Å². The van der Waals surface area contributed by atoms with Crippen LogP contribution in [0.4, 0.5) is 5.82 Å². The zero-order chi connectivity index (χ0) is 11.3. The quantitative estimate of drug-likeness (QED) is 0.571. The summed E-state index contributed by atoms with van der Waals surface area (Å²) in [7, 11) is 3.69. The molecule has 1 rings (SSSR count). The van der Waals surface area contributed by atoms with Crippen molar-refractivity contribution in [2.24, 2.45) is 0 Å². The van der Waals surface area contributed by atoms with Crippen LogP contribution in [0, 0.1) is 6.92 Å². The molecule has 0 aliphatic rings. The average molecular weight is 230 g/mol. The number of hydrogen-bond acceptors (Lipinski definition) is 4. The van der Waals surface area contributed by atoms with Crippen LogP contribution in [0.25, 0.3) is 0 Å². The van der Waals surface area contributed by atoms with Gasteiger partial charge in [-0.05, 0) is 13.3 Å². The molecular formula is C10H16ClN3O. The fourth-order valence-electron chi connectivity index (χ4n) is 1.36. The second kappa shape index (κ2) is 5.88. The van der Waals surface area contributed by atoms with E-state index in [1.54, 1.807) is 7.11 Å². The monoisotopic (exact) mass is 229 g/mol. The van der Waals surface area contributed by atoms with E-state index in [1.807, 2.05) is 14.0 Å². The van der Waals surface area contributed by atoms with Crippen LogP contribution in [0.3, 0.4) is 0 Å². The Kier molecular flexibility index (Phi) is 4.78. The largest absolute Gasteiger partial charge is 0.385 e. The van der Waals surface area contributed by atoms with Gasteiger partial charge >= 0.3 is 0 Å². The molecule has 0 aliphatic heterocycles. The predicted molar refractivity (Wildman–Crippen MR) is 61.5 cm³/mol. The van der Waals surface area contributed by atoms with Crippen LogP contribution in [0.15, 0.2) is 6.33 Å². The lowest BCUT2D eigenvalue weighted by Gasteiger charge is -2.19. The van der Waals surface area contributed by atoms with Crippen molar-refractivity contribution in [1.82, 2.24) is 9.97 Å². The summed E-state index contributed by atoms with van der Waals surface area (Å²) in [5.41, 5.74) is 0.916. The van der Waals surface area contributed by atoms with Crippen LogP contribution in [0.2, 0.25) is 5.15 Å². The lowest BCUT2D eigenvalue weighted by molar-refractivity contribution is 0.196. The minimum absolute atomic E-state index is 0.513. The molecule has 0 atom stereocenters. The first-order valence-corrected chi connectivity index (χ1v) is 5.21. The molecule has 0 amide bonds. The first-order valence-electron chi connectivity index (χ1n) is 4.84. The Labute approximate surface area is 95.2 Å². The summed E-state index contributed by atoms with van der Waals surface area (Å²) in [5.74, 6) is 0.881. The van der Waals surface area contributed by atoms with E-state index in [-0.39, 0.29) is 0 Å². The molecule has 0 N–H and O–H groups in total. The van der Waals surface area contributed by atoms with E-state index >= 15 is 0 Å². The molecule has 84 valence electrons. The van der Waals surface area contributed by atoms with E-state index in [1.165, 1.54) is 6.33 Å². The molecule has 0 aromatic carbocycles. The summed E-state index contributed by atoms with van der Waals surface area (Å²) in [6, 6.07) is 0. The van der Waals surface area contributed by atoms with Gasteiger partial charge in [-0.25, -0.2) is 9.97 Å². The summed E-state index contributed by atoms with van der Waals surface area (Å²) in [6.07, 6.45) is 2.45. The van der Waals surface area contributed by atoms with Crippen molar-refractivity contribution >= 4 is 17.4 Å². The van der Waals surface area contributed by atoms with Crippen LogP contribution in [-0.2, 0) is 4.74 Å². The number of aromatic nitrogens is 2. The minimum Gasteiger partial charge on any atom is -0.385 e. The van der Waals surface area contributed by atoms with Crippen molar-refractivity contribution in [2.75, 3.05) is 32.2 Å². The second-order valence-corrected chi connectivity index (χ2v) is 3.74. The smallest absolute Gasteiger partial charge is 0.137 e. The lowest BCUT2D eigenvalue weighted by Crippen LogP contribution is -2.22. The molecule has 4 nitrogen and oxygen atoms in total. The Morgan fingerprint density at radius 1 is 1.47 bits per heavy atom. The van der Waals surface area contributed by atoms with Gasteiger partial charge in [-0.3, -0.25) is 0 Å². The molecule has 0 unspecified atom stereocenters. The summed E-state index contributed by atoms with van der Waals surface area (Å²) >= 11 is 5.92. The zero-order valence-electron chi connectivity index (χ0n) is 9.33. The highest BCUT2D eigenvalue weighted by atomic mass is 35.5. The third-order valence-corrected chi connectivity index (χ3v) is 2.58. The summed E-state index contributed by atoms with van der Waals surface area (Å²) in [4.78, 5) is 10.2. The van der Waals surface area contributed by atoms with Crippen LogP contribution in [0.1, 0.15) is 12.0 Å². The maximum absolute atomic E-state index is 5.92. The molecule has 0 saturated heterocycles. The normalized spacial score (nSPS) is 10.4. The molecule has 0 aliphatic carbocycles. The molecule has 0 saturated carbocycles. The number of ether oxygens (including phenoxy) is 1. The second-order valence-electron chi connectivity index (χ2n) is 3.38. The number of anilines is 1. The molecule has 0 radical (unpaired) electrons. The third kappa shape index (κ3) is 3.32. The third-order valence-electron chi connectivity index (χ3n) is 2.20. The first kappa shape index (κ1) is 12.2. The van der Waals surface area contributed by atoms with Gasteiger partial charge in [0.2, 0.25) is 0 Å². The number of rotatable bonds is 5. The van der Waals surface area contributed by atoms with Crippen LogP contribution in [0.5, 0.6) is 0 Å². The highest BCUT2D eigenvalue weighted by Crippen LogP contribution is 2.20. The summed E-state index contributed by atoms with van der Waals surface area (Å²) < 4.78 is 5.00. The SMILES string of the molecule is COCCCN(C)c1ncnc(Cl)c1C. The molecule has 5 heteroatoms. The van der Waals surface area contributed by atoms with Crippen LogP contribution >= 0.6 is 11.6 Å². The molecule has 0 bridgehead atoms. The number of hydrogen-bond donors (Lipinski definition) is 0. The molecular weight excluding hydrogens is 214 g/mol. The van der Waals surface area contributed by atoms with Crippen molar-refractivity contribution in [3.05, 3.63) is 17.0 Å². The highest BCUT2D eigenvalue weighted by molar-refractivity contribution is 6.30. The van der Waals surface area contributed by atoms with Gasteiger partial charge < -0.3 is 9.64 Å². The van der Waals surface area contributed by atoms with Gasteiger partial charge in [0.1, 0.15) is 17.3 Å². The standard InChI is InChI=1S/C10H16ClN3O/c1-8-9(11)12-7-13-10(8)14(2)5-4-6-15-3/h7H,4-6H2,1-3H3. The van der Waals surface area contributed by atoms with E-state index in [0.29, 0.717) is 5.15 Å². The Morgan fingerprint density at radius 2 is 2.20 bits per heavy atom. The van der Waals surface area contributed by atoms with E-state index < -0.39 is 0 Å². The van der Waals surface area contributed by atoms with Crippen molar-refractivity contribution in [3.8, 4) is 0 Å². The maximum atomic E-state index is 5.92. The fourth-order valence-corrected chi connectivity index (χ4v) is 1.49. The highest BCUT2D eigenvalue weighted by Gasteiger charge is 2.08. The number of methoxy groups -OCH3 is 1. The van der Waals surface area contributed by atoms with Crippen LogP contribution < -0.4 is 4.90 Å². The minimum atomic E-state index is 0.513. The Balaban J connectivity index is 2.65. The molecule has 15 heavy (non-hydrogen) atoms. The van der Waals surface area contributed by atoms with E-state index in [2.05, 4.69) is 14.9 Å². The van der Waals surface area contributed by atoms with Gasteiger partial charge in [0.25, 0.3) is 0 Å². The zero-order valence-corrected chi connectivity index (χ0v) is 10.1. The average Bonchev–Trinajstić information content (AvgIpc) is 2.22. The molecule has 0 spiro atoms. The summed E-state index contributed by atoms with van der Waals surface area (Å²) in [6.45, 7) is 3.56. The van der Waals surface area contributed by atoms with Crippen molar-refractivity contribution in [3.63, 3.8) is 0 Å². The van der Waals surface area contributed by atoms with Gasteiger partial charge in [-0.2, -0.15) is 0 Å². The molecule has 0 fully saturated rings. The Bertz CT molecular complexity index is 320. The van der Waals surface area contributed by atoms with Gasteiger partial charge in [-0.15, -0.1) is 0 Å². The van der Waals surface area contributed by atoms with Gasteiger partial charge in [0, 0.05) is 32.9 Å². The molecule has 1 aromatic heterocycles. The van der Waals surface area contributed by atoms with Gasteiger partial charge in [0.15, 0.2) is 0 Å².